The van der Waals surface area contributed by atoms with Crippen LogP contribution in [-0.2, 0) is 12.8 Å². The minimum Gasteiger partial charge on any atom is -0.336 e. The third-order valence-corrected chi connectivity index (χ3v) is 3.79. The first kappa shape index (κ1) is 13.2. The smallest absolute Gasteiger partial charge is 0.255 e. The summed E-state index contributed by atoms with van der Waals surface area (Å²) in [6.07, 6.45) is 1.35. The van der Waals surface area contributed by atoms with Crippen LogP contribution in [0.4, 0.5) is 0 Å². The minimum absolute atomic E-state index is 0.105. The molecule has 0 atom stereocenters. The van der Waals surface area contributed by atoms with Crippen LogP contribution in [0, 0.1) is 4.77 Å². The molecular formula is C13H13BrN2OS. The van der Waals surface area contributed by atoms with Crippen molar-refractivity contribution in [3.8, 4) is 0 Å². The van der Waals surface area contributed by atoms with Gasteiger partial charge in [-0.25, -0.2) is 0 Å². The summed E-state index contributed by atoms with van der Waals surface area (Å²) in [5.41, 5.74) is 2.63. The van der Waals surface area contributed by atoms with Gasteiger partial charge < -0.3 is 4.98 Å². The second kappa shape index (κ2) is 5.63. The van der Waals surface area contributed by atoms with Gasteiger partial charge in [-0.05, 0) is 30.3 Å². The van der Waals surface area contributed by atoms with Gasteiger partial charge in [0.05, 0.1) is 0 Å². The number of hydrogen-bond acceptors (Lipinski definition) is 2. The number of hydrogen-bond donors (Lipinski definition) is 2. The molecule has 2 aromatic rings. The van der Waals surface area contributed by atoms with Gasteiger partial charge in [0.25, 0.3) is 5.56 Å². The van der Waals surface area contributed by atoms with Crippen molar-refractivity contribution in [2.24, 2.45) is 0 Å². The van der Waals surface area contributed by atoms with Gasteiger partial charge in [0.2, 0.25) is 0 Å². The Balaban J connectivity index is 2.50. The van der Waals surface area contributed by atoms with E-state index >= 15 is 0 Å². The number of aryl methyl sites for hydroxylation is 1. The average molecular weight is 325 g/mol. The van der Waals surface area contributed by atoms with E-state index in [2.05, 4.69) is 25.9 Å². The first-order chi connectivity index (χ1) is 8.61. The van der Waals surface area contributed by atoms with Gasteiger partial charge >= 0.3 is 0 Å². The zero-order valence-electron chi connectivity index (χ0n) is 9.92. The van der Waals surface area contributed by atoms with E-state index in [1.54, 1.807) is 0 Å². The lowest BCUT2D eigenvalue weighted by molar-refractivity contribution is 0.906. The van der Waals surface area contributed by atoms with E-state index in [0.717, 1.165) is 27.7 Å². The summed E-state index contributed by atoms with van der Waals surface area (Å²) in [6.45, 7) is 2.00. The summed E-state index contributed by atoms with van der Waals surface area (Å²) < 4.78 is 1.39. The molecule has 0 fully saturated rings. The highest BCUT2D eigenvalue weighted by Gasteiger charge is 2.09. The standard InChI is InChI=1S/C13H13BrN2OS/c1-2-11-9(12(17)16-13(18)15-11)7-8-5-3-4-6-10(8)14/h3-6H,2,7H2,1H3,(H2,15,16,17,18). The van der Waals surface area contributed by atoms with E-state index in [1.807, 2.05) is 31.2 Å². The number of rotatable bonds is 3. The van der Waals surface area contributed by atoms with Crippen molar-refractivity contribution in [3.05, 3.63) is 60.7 Å². The fraction of sp³-hybridized carbons (Fsp3) is 0.231. The maximum absolute atomic E-state index is 12.0. The molecule has 0 unspecified atom stereocenters. The second-order valence-electron chi connectivity index (χ2n) is 3.99. The van der Waals surface area contributed by atoms with Crippen molar-refractivity contribution >= 4 is 28.1 Å². The van der Waals surface area contributed by atoms with Crippen LogP contribution in [0.25, 0.3) is 0 Å². The molecule has 2 N–H and O–H groups in total. The first-order valence-corrected chi connectivity index (χ1v) is 6.89. The van der Waals surface area contributed by atoms with Gasteiger partial charge in [0, 0.05) is 22.2 Å². The van der Waals surface area contributed by atoms with Gasteiger partial charge in [0.15, 0.2) is 4.77 Å². The normalized spacial score (nSPS) is 10.6. The van der Waals surface area contributed by atoms with Gasteiger partial charge in [-0.3, -0.25) is 9.78 Å². The van der Waals surface area contributed by atoms with Crippen LogP contribution in [-0.4, -0.2) is 9.97 Å². The van der Waals surface area contributed by atoms with Gasteiger partial charge in [-0.15, -0.1) is 0 Å². The predicted molar refractivity (Wildman–Crippen MR) is 78.6 cm³/mol. The molecule has 94 valence electrons. The van der Waals surface area contributed by atoms with Crippen LogP contribution in [0.3, 0.4) is 0 Å². The van der Waals surface area contributed by atoms with Crippen LogP contribution < -0.4 is 5.56 Å². The number of nitrogens with one attached hydrogen (secondary N) is 2. The summed E-state index contributed by atoms with van der Waals surface area (Å²) in [5, 5.41) is 0. The molecule has 0 aliphatic rings. The van der Waals surface area contributed by atoms with E-state index in [9.17, 15) is 4.79 Å². The Morgan fingerprint density at radius 2 is 2.00 bits per heavy atom. The third-order valence-electron chi connectivity index (χ3n) is 2.81. The van der Waals surface area contributed by atoms with Crippen LogP contribution in [0.15, 0.2) is 33.5 Å². The molecule has 0 radical (unpaired) electrons. The highest BCUT2D eigenvalue weighted by molar-refractivity contribution is 9.10. The summed E-state index contributed by atoms with van der Waals surface area (Å²) >= 11 is 8.48. The summed E-state index contributed by atoms with van der Waals surface area (Å²) in [7, 11) is 0. The molecule has 0 aliphatic carbocycles. The topological polar surface area (TPSA) is 48.6 Å². The molecule has 2 rings (SSSR count). The fourth-order valence-electron chi connectivity index (χ4n) is 1.88. The van der Waals surface area contributed by atoms with Crippen molar-refractivity contribution in [3.63, 3.8) is 0 Å². The van der Waals surface area contributed by atoms with E-state index < -0.39 is 0 Å². The van der Waals surface area contributed by atoms with Crippen molar-refractivity contribution in [1.29, 1.82) is 0 Å². The molecule has 0 saturated heterocycles. The van der Waals surface area contributed by atoms with Crippen LogP contribution in [0.1, 0.15) is 23.7 Å². The van der Waals surface area contributed by atoms with Crippen molar-refractivity contribution in [2.75, 3.05) is 0 Å². The molecule has 1 aromatic heterocycles. The maximum atomic E-state index is 12.0. The summed E-state index contributed by atoms with van der Waals surface area (Å²) in [6, 6.07) is 7.90. The van der Waals surface area contributed by atoms with Gasteiger partial charge in [-0.1, -0.05) is 41.1 Å². The van der Waals surface area contributed by atoms with E-state index in [-0.39, 0.29) is 5.56 Å². The minimum atomic E-state index is -0.105. The lowest BCUT2D eigenvalue weighted by atomic mass is 10.0. The molecule has 0 saturated carbocycles. The molecule has 0 amide bonds. The monoisotopic (exact) mass is 324 g/mol. The quantitative estimate of drug-likeness (QED) is 0.850. The lowest BCUT2D eigenvalue weighted by Gasteiger charge is -2.08. The molecule has 1 aromatic carbocycles. The zero-order chi connectivity index (χ0) is 13.1. The Morgan fingerprint density at radius 3 is 2.67 bits per heavy atom. The lowest BCUT2D eigenvalue weighted by Crippen LogP contribution is -2.18. The van der Waals surface area contributed by atoms with Gasteiger partial charge in [-0.2, -0.15) is 0 Å². The Kier molecular flexibility index (Phi) is 4.14. The summed E-state index contributed by atoms with van der Waals surface area (Å²) in [4.78, 5) is 17.7. The fourth-order valence-corrected chi connectivity index (χ4v) is 2.52. The van der Waals surface area contributed by atoms with Crippen molar-refractivity contribution < 1.29 is 0 Å². The summed E-state index contributed by atoms with van der Waals surface area (Å²) in [5.74, 6) is 0. The van der Waals surface area contributed by atoms with Crippen LogP contribution in [0.5, 0.6) is 0 Å². The van der Waals surface area contributed by atoms with E-state index in [1.165, 1.54) is 0 Å². The third kappa shape index (κ3) is 2.79. The Morgan fingerprint density at radius 1 is 1.28 bits per heavy atom. The van der Waals surface area contributed by atoms with E-state index in [0.29, 0.717) is 11.2 Å². The van der Waals surface area contributed by atoms with Crippen LogP contribution in [0.2, 0.25) is 0 Å². The number of aromatic nitrogens is 2. The molecule has 0 bridgehead atoms. The number of halogens is 1. The van der Waals surface area contributed by atoms with Crippen molar-refractivity contribution in [1.82, 2.24) is 9.97 Å². The van der Waals surface area contributed by atoms with Crippen LogP contribution >= 0.6 is 28.1 Å². The Bertz CT molecular complexity index is 675. The van der Waals surface area contributed by atoms with Gasteiger partial charge in [0.1, 0.15) is 0 Å². The zero-order valence-corrected chi connectivity index (χ0v) is 12.3. The second-order valence-corrected chi connectivity index (χ2v) is 5.25. The molecule has 3 nitrogen and oxygen atoms in total. The Labute approximate surface area is 118 Å². The highest BCUT2D eigenvalue weighted by atomic mass is 79.9. The number of benzene rings is 1. The number of H-pyrrole nitrogens is 2. The molecule has 5 heteroatoms. The Hall–Kier alpha value is -1.20. The molecule has 18 heavy (non-hydrogen) atoms. The maximum Gasteiger partial charge on any atom is 0.255 e. The van der Waals surface area contributed by atoms with Crippen molar-refractivity contribution in [2.45, 2.75) is 19.8 Å². The first-order valence-electron chi connectivity index (χ1n) is 5.69. The highest BCUT2D eigenvalue weighted by Crippen LogP contribution is 2.19. The SMILES string of the molecule is CCc1[nH]c(=S)[nH]c(=O)c1Cc1ccccc1Br. The van der Waals surface area contributed by atoms with E-state index in [4.69, 9.17) is 12.2 Å². The molecular weight excluding hydrogens is 312 g/mol. The largest absolute Gasteiger partial charge is 0.336 e. The molecule has 0 aliphatic heterocycles. The predicted octanol–water partition coefficient (Wildman–Crippen LogP) is 3.35. The number of aromatic amines is 2. The molecule has 0 spiro atoms. The average Bonchev–Trinajstić information content (AvgIpc) is 2.34. The molecule has 1 heterocycles.